The predicted octanol–water partition coefficient (Wildman–Crippen LogP) is 5.05. The number of aryl methyl sites for hydroxylation is 1. The van der Waals surface area contributed by atoms with Gasteiger partial charge in [0.15, 0.2) is 5.82 Å². The van der Waals surface area contributed by atoms with Gasteiger partial charge in [-0.15, -0.1) is 11.6 Å². The molecule has 2 rings (SSSR count). The Morgan fingerprint density at radius 3 is 2.40 bits per heavy atom. The first-order valence-electron chi connectivity index (χ1n) is 8.82. The highest BCUT2D eigenvalue weighted by atomic mass is 35.5. The van der Waals surface area contributed by atoms with Crippen LogP contribution in [0.1, 0.15) is 55.5 Å². The average molecular weight is 361 g/mol. The quantitative estimate of drug-likeness (QED) is 0.356. The number of benzene rings is 1. The van der Waals surface area contributed by atoms with Gasteiger partial charge < -0.3 is 4.74 Å². The van der Waals surface area contributed by atoms with Crippen molar-refractivity contribution in [3.8, 4) is 11.4 Å². The molecule has 4 nitrogen and oxygen atoms in total. The molecule has 0 unspecified atom stereocenters. The van der Waals surface area contributed by atoms with Gasteiger partial charge in [0.05, 0.1) is 10.9 Å². The van der Waals surface area contributed by atoms with Crippen molar-refractivity contribution in [2.45, 2.75) is 51.3 Å². The molecular weight excluding hydrogens is 336 g/mol. The van der Waals surface area contributed by atoms with Crippen molar-refractivity contribution in [3.05, 3.63) is 47.8 Å². The molecule has 25 heavy (non-hydrogen) atoms. The Bertz CT molecular complexity index is 654. The first-order valence-corrected chi connectivity index (χ1v) is 9.26. The number of hydrogen-bond acceptors (Lipinski definition) is 4. The van der Waals surface area contributed by atoms with Crippen LogP contribution in [0.15, 0.2) is 36.7 Å². The number of carbonyl (C=O) groups is 1. The van der Waals surface area contributed by atoms with E-state index in [2.05, 4.69) is 16.9 Å². The molecule has 0 aliphatic rings. The number of unbranched alkanes of at least 4 members (excludes halogenated alkanes) is 3. The molecule has 0 bridgehead atoms. The summed E-state index contributed by atoms with van der Waals surface area (Å²) in [6.45, 7) is 4.19. The van der Waals surface area contributed by atoms with E-state index in [1.807, 2.05) is 24.5 Å². The van der Waals surface area contributed by atoms with E-state index >= 15 is 0 Å². The Kier molecular flexibility index (Phi) is 7.86. The van der Waals surface area contributed by atoms with Crippen LogP contribution in [-0.4, -0.2) is 27.9 Å². The number of esters is 1. The number of aromatic nitrogens is 2. The second kappa shape index (κ2) is 10.1. The molecule has 1 aromatic carbocycles. The van der Waals surface area contributed by atoms with Crippen LogP contribution in [0.25, 0.3) is 11.4 Å². The molecule has 0 N–H and O–H groups in total. The summed E-state index contributed by atoms with van der Waals surface area (Å²) < 4.78 is 5.10. The predicted molar refractivity (Wildman–Crippen MR) is 101 cm³/mol. The number of rotatable bonds is 9. The van der Waals surface area contributed by atoms with Crippen LogP contribution in [0.5, 0.6) is 0 Å². The van der Waals surface area contributed by atoms with Gasteiger partial charge in [-0.2, -0.15) is 0 Å². The maximum atomic E-state index is 11.9. The van der Waals surface area contributed by atoms with E-state index in [-0.39, 0.29) is 18.0 Å². The molecule has 134 valence electrons. The highest BCUT2D eigenvalue weighted by molar-refractivity contribution is 6.20. The summed E-state index contributed by atoms with van der Waals surface area (Å²) in [7, 11) is 0. The lowest BCUT2D eigenvalue weighted by molar-refractivity contribution is 0.0508. The lowest BCUT2D eigenvalue weighted by Gasteiger charge is -2.07. The van der Waals surface area contributed by atoms with Gasteiger partial charge in [0, 0.05) is 18.0 Å². The molecule has 0 aliphatic heterocycles. The van der Waals surface area contributed by atoms with E-state index in [9.17, 15) is 4.79 Å². The first-order chi connectivity index (χ1) is 12.1. The van der Waals surface area contributed by atoms with Gasteiger partial charge in [-0.3, -0.25) is 0 Å². The van der Waals surface area contributed by atoms with Gasteiger partial charge in [0.1, 0.15) is 6.61 Å². The van der Waals surface area contributed by atoms with E-state index in [4.69, 9.17) is 16.3 Å². The lowest BCUT2D eigenvalue weighted by Crippen LogP contribution is -2.11. The Hall–Kier alpha value is -1.94. The summed E-state index contributed by atoms with van der Waals surface area (Å²) in [5.74, 6) is 0.286. The molecular formula is C20H25ClN2O2. The lowest BCUT2D eigenvalue weighted by atomic mass is 10.1. The van der Waals surface area contributed by atoms with Crippen molar-refractivity contribution in [1.82, 2.24) is 9.97 Å². The minimum Gasteiger partial charge on any atom is -0.461 e. The SMILES string of the molecule is CCCCCCc1cnc(-c2ccc(C(=O)OC[C@@H](C)Cl)cc2)nc1. The van der Waals surface area contributed by atoms with Crippen LogP contribution in [0.4, 0.5) is 0 Å². The van der Waals surface area contributed by atoms with Gasteiger partial charge in [-0.25, -0.2) is 14.8 Å². The third-order valence-corrected chi connectivity index (χ3v) is 3.97. The molecule has 2 aromatic rings. The fourth-order valence-electron chi connectivity index (χ4n) is 2.42. The molecule has 1 heterocycles. The average Bonchev–Trinajstić information content (AvgIpc) is 2.64. The fourth-order valence-corrected chi connectivity index (χ4v) is 2.48. The molecule has 0 amide bonds. The van der Waals surface area contributed by atoms with Gasteiger partial charge in [0.2, 0.25) is 0 Å². The Labute approximate surface area is 154 Å². The summed E-state index contributed by atoms with van der Waals surface area (Å²) in [6.07, 6.45) is 9.73. The minimum absolute atomic E-state index is 0.197. The fraction of sp³-hybridized carbons (Fsp3) is 0.450. The zero-order valence-corrected chi connectivity index (χ0v) is 15.6. The van der Waals surface area contributed by atoms with Crippen LogP contribution < -0.4 is 0 Å². The second-order valence-electron chi connectivity index (χ2n) is 6.18. The Morgan fingerprint density at radius 2 is 1.80 bits per heavy atom. The van der Waals surface area contributed by atoms with Crippen molar-refractivity contribution in [1.29, 1.82) is 0 Å². The Balaban J connectivity index is 1.94. The van der Waals surface area contributed by atoms with Crippen LogP contribution in [0, 0.1) is 0 Å². The molecule has 0 saturated heterocycles. The van der Waals surface area contributed by atoms with Gasteiger partial charge in [-0.05, 0) is 37.5 Å². The number of hydrogen-bond donors (Lipinski definition) is 0. The van der Waals surface area contributed by atoms with Gasteiger partial charge in [-0.1, -0.05) is 38.3 Å². The number of alkyl halides is 1. The van der Waals surface area contributed by atoms with Crippen LogP contribution in [0.2, 0.25) is 0 Å². The second-order valence-corrected chi connectivity index (χ2v) is 6.93. The van der Waals surface area contributed by atoms with Crippen LogP contribution in [0.3, 0.4) is 0 Å². The molecule has 0 aliphatic carbocycles. The van der Waals surface area contributed by atoms with E-state index in [1.54, 1.807) is 19.1 Å². The zero-order valence-electron chi connectivity index (χ0n) is 14.9. The summed E-state index contributed by atoms with van der Waals surface area (Å²) in [5, 5.41) is -0.197. The topological polar surface area (TPSA) is 52.1 Å². The third kappa shape index (κ3) is 6.46. The molecule has 1 atom stereocenters. The summed E-state index contributed by atoms with van der Waals surface area (Å²) in [5.41, 5.74) is 2.53. The van der Waals surface area contributed by atoms with Crippen molar-refractivity contribution in [2.75, 3.05) is 6.61 Å². The van der Waals surface area contributed by atoms with Gasteiger partial charge >= 0.3 is 5.97 Å². The van der Waals surface area contributed by atoms with Crippen LogP contribution in [-0.2, 0) is 11.2 Å². The van der Waals surface area contributed by atoms with Gasteiger partial charge in [0.25, 0.3) is 0 Å². The van der Waals surface area contributed by atoms with E-state index in [0.717, 1.165) is 17.5 Å². The van der Waals surface area contributed by atoms with Crippen molar-refractivity contribution in [3.63, 3.8) is 0 Å². The minimum atomic E-state index is -0.373. The third-order valence-electron chi connectivity index (χ3n) is 3.85. The number of ether oxygens (including phenoxy) is 1. The number of halogens is 1. The highest BCUT2D eigenvalue weighted by Gasteiger charge is 2.09. The monoisotopic (exact) mass is 360 g/mol. The largest absolute Gasteiger partial charge is 0.461 e. The normalized spacial score (nSPS) is 12.0. The van der Waals surface area contributed by atoms with Crippen molar-refractivity contribution < 1.29 is 9.53 Å². The maximum absolute atomic E-state index is 11.9. The number of carbonyl (C=O) groups excluding carboxylic acids is 1. The molecule has 5 heteroatoms. The molecule has 1 aromatic heterocycles. The van der Waals surface area contributed by atoms with E-state index in [0.29, 0.717) is 11.4 Å². The summed E-state index contributed by atoms with van der Waals surface area (Å²) in [4.78, 5) is 20.8. The smallest absolute Gasteiger partial charge is 0.338 e. The van der Waals surface area contributed by atoms with Crippen molar-refractivity contribution in [2.24, 2.45) is 0 Å². The van der Waals surface area contributed by atoms with Crippen LogP contribution >= 0.6 is 11.6 Å². The zero-order chi connectivity index (χ0) is 18.1. The summed E-state index contributed by atoms with van der Waals surface area (Å²) in [6, 6.07) is 7.10. The van der Waals surface area contributed by atoms with E-state index < -0.39 is 0 Å². The van der Waals surface area contributed by atoms with E-state index in [1.165, 1.54) is 25.7 Å². The standard InChI is InChI=1S/C20H25ClN2O2/c1-3-4-5-6-7-16-12-22-19(23-13-16)17-8-10-18(11-9-17)20(24)25-14-15(2)21/h8-13,15H,3-7,14H2,1-2H3/t15-/m1/s1. The summed E-state index contributed by atoms with van der Waals surface area (Å²) >= 11 is 5.78. The highest BCUT2D eigenvalue weighted by Crippen LogP contribution is 2.17. The molecule has 0 saturated carbocycles. The molecule has 0 fully saturated rings. The van der Waals surface area contributed by atoms with Crippen molar-refractivity contribution >= 4 is 17.6 Å². The Morgan fingerprint density at radius 1 is 1.12 bits per heavy atom. The molecule has 0 spiro atoms. The maximum Gasteiger partial charge on any atom is 0.338 e. The molecule has 0 radical (unpaired) electrons. The number of nitrogens with zero attached hydrogens (tertiary/aromatic N) is 2. The first kappa shape index (κ1) is 19.4.